The average Bonchev–Trinajstić information content (AvgIpc) is 2.34. The Morgan fingerprint density at radius 1 is 1.50 bits per heavy atom. The van der Waals surface area contributed by atoms with Crippen molar-refractivity contribution >= 4 is 0 Å². The normalized spacial score (nSPS) is 24.6. The van der Waals surface area contributed by atoms with E-state index in [1.807, 2.05) is 0 Å². The minimum absolute atomic E-state index is 0.267. The van der Waals surface area contributed by atoms with Crippen LogP contribution < -0.4 is 5.73 Å². The first-order chi connectivity index (χ1) is 7.83. The molecular formula is C12H26N2O2. The molecule has 1 fully saturated rings. The first-order valence-corrected chi connectivity index (χ1v) is 6.39. The van der Waals surface area contributed by atoms with Crippen molar-refractivity contribution in [3.8, 4) is 0 Å². The number of hydrogen-bond acceptors (Lipinski definition) is 4. The molecule has 0 spiro atoms. The SMILES string of the molecule is COCC(CCCN)N1CCCCC1CO. The maximum absolute atomic E-state index is 9.40. The number of aliphatic hydroxyl groups excluding tert-OH is 1. The predicted octanol–water partition coefficient (Wildman–Crippen LogP) is 0.587. The molecule has 4 heteroatoms. The highest BCUT2D eigenvalue weighted by molar-refractivity contribution is 4.82. The van der Waals surface area contributed by atoms with Crippen LogP contribution in [0.1, 0.15) is 32.1 Å². The van der Waals surface area contributed by atoms with Gasteiger partial charge in [-0.3, -0.25) is 4.90 Å². The predicted molar refractivity (Wildman–Crippen MR) is 65.4 cm³/mol. The molecule has 1 saturated heterocycles. The van der Waals surface area contributed by atoms with E-state index in [9.17, 15) is 5.11 Å². The van der Waals surface area contributed by atoms with E-state index < -0.39 is 0 Å². The van der Waals surface area contributed by atoms with E-state index in [2.05, 4.69) is 4.90 Å². The van der Waals surface area contributed by atoms with Gasteiger partial charge in [-0.15, -0.1) is 0 Å². The molecule has 0 aliphatic carbocycles. The third-order valence-electron chi connectivity index (χ3n) is 3.45. The molecule has 4 nitrogen and oxygen atoms in total. The number of nitrogens with two attached hydrogens (primary N) is 1. The summed E-state index contributed by atoms with van der Waals surface area (Å²) in [6.45, 7) is 2.83. The Morgan fingerprint density at radius 3 is 2.94 bits per heavy atom. The second-order valence-electron chi connectivity index (χ2n) is 4.61. The van der Waals surface area contributed by atoms with E-state index in [1.165, 1.54) is 12.8 Å². The van der Waals surface area contributed by atoms with Crippen molar-refractivity contribution < 1.29 is 9.84 Å². The molecule has 0 aromatic carbocycles. The number of methoxy groups -OCH3 is 1. The van der Waals surface area contributed by atoms with Crippen LogP contribution in [0.3, 0.4) is 0 Å². The van der Waals surface area contributed by atoms with Crippen LogP contribution in [-0.4, -0.2) is 55.5 Å². The van der Waals surface area contributed by atoms with Crippen LogP contribution in [0.2, 0.25) is 0 Å². The van der Waals surface area contributed by atoms with Crippen molar-refractivity contribution in [1.82, 2.24) is 4.90 Å². The van der Waals surface area contributed by atoms with Crippen molar-refractivity contribution in [3.63, 3.8) is 0 Å². The largest absolute Gasteiger partial charge is 0.395 e. The summed E-state index contributed by atoms with van der Waals surface area (Å²) >= 11 is 0. The standard InChI is InChI=1S/C12H26N2O2/c1-16-10-12(6-4-7-13)14-8-3-2-5-11(14)9-15/h11-12,15H,2-10,13H2,1H3. The number of hydrogen-bond donors (Lipinski definition) is 2. The number of likely N-dealkylation sites (tertiary alicyclic amines) is 1. The molecule has 1 heterocycles. The van der Waals surface area contributed by atoms with Crippen LogP contribution in [0, 0.1) is 0 Å². The third-order valence-corrected chi connectivity index (χ3v) is 3.45. The van der Waals surface area contributed by atoms with Gasteiger partial charge in [-0.25, -0.2) is 0 Å². The Kier molecular flexibility index (Phi) is 6.96. The van der Waals surface area contributed by atoms with Gasteiger partial charge < -0.3 is 15.6 Å². The Bertz CT molecular complexity index is 178. The summed E-state index contributed by atoms with van der Waals surface area (Å²) in [5.41, 5.74) is 5.56. The maximum atomic E-state index is 9.40. The molecule has 2 atom stereocenters. The van der Waals surface area contributed by atoms with Crippen molar-refractivity contribution in [2.75, 3.05) is 33.4 Å². The fourth-order valence-corrected chi connectivity index (χ4v) is 2.59. The number of rotatable bonds is 7. The fourth-order valence-electron chi connectivity index (χ4n) is 2.59. The fraction of sp³-hybridized carbons (Fsp3) is 1.00. The monoisotopic (exact) mass is 230 g/mol. The van der Waals surface area contributed by atoms with E-state index >= 15 is 0 Å². The van der Waals surface area contributed by atoms with Crippen LogP contribution in [0.15, 0.2) is 0 Å². The van der Waals surface area contributed by atoms with Crippen LogP contribution >= 0.6 is 0 Å². The molecule has 1 rings (SSSR count). The van der Waals surface area contributed by atoms with Crippen LogP contribution in [0.5, 0.6) is 0 Å². The molecule has 2 unspecified atom stereocenters. The highest BCUT2D eigenvalue weighted by Gasteiger charge is 2.27. The molecule has 0 radical (unpaired) electrons. The lowest BCUT2D eigenvalue weighted by molar-refractivity contribution is 0.0134. The summed E-state index contributed by atoms with van der Waals surface area (Å²) < 4.78 is 5.28. The molecule has 0 aromatic rings. The zero-order valence-electron chi connectivity index (χ0n) is 10.4. The van der Waals surface area contributed by atoms with E-state index in [0.717, 1.165) is 39.0 Å². The minimum Gasteiger partial charge on any atom is -0.395 e. The lowest BCUT2D eigenvalue weighted by atomic mass is 9.98. The third kappa shape index (κ3) is 4.01. The number of nitrogens with zero attached hydrogens (tertiary/aromatic N) is 1. The molecule has 3 N–H and O–H groups in total. The van der Waals surface area contributed by atoms with Crippen molar-refractivity contribution in [2.24, 2.45) is 5.73 Å². The molecule has 0 bridgehead atoms. The van der Waals surface area contributed by atoms with E-state index in [0.29, 0.717) is 12.1 Å². The smallest absolute Gasteiger partial charge is 0.0618 e. The number of aliphatic hydroxyl groups is 1. The summed E-state index contributed by atoms with van der Waals surface area (Å²) in [6.07, 6.45) is 5.68. The molecular weight excluding hydrogens is 204 g/mol. The van der Waals surface area contributed by atoms with Gasteiger partial charge in [0.05, 0.1) is 13.2 Å². The average molecular weight is 230 g/mol. The summed E-state index contributed by atoms with van der Waals surface area (Å²) in [5, 5.41) is 9.40. The van der Waals surface area contributed by atoms with Gasteiger partial charge in [-0.05, 0) is 38.8 Å². The van der Waals surface area contributed by atoms with Gasteiger partial charge in [0.25, 0.3) is 0 Å². The zero-order chi connectivity index (χ0) is 11.8. The first-order valence-electron chi connectivity index (χ1n) is 6.39. The molecule has 0 aromatic heterocycles. The minimum atomic E-state index is 0.267. The lowest BCUT2D eigenvalue weighted by Gasteiger charge is -2.40. The maximum Gasteiger partial charge on any atom is 0.0618 e. The molecule has 16 heavy (non-hydrogen) atoms. The Morgan fingerprint density at radius 2 is 2.31 bits per heavy atom. The molecule has 1 aliphatic heterocycles. The second kappa shape index (κ2) is 8.01. The Hall–Kier alpha value is -0.160. The molecule has 96 valence electrons. The lowest BCUT2D eigenvalue weighted by Crippen LogP contribution is -2.49. The quantitative estimate of drug-likeness (QED) is 0.672. The van der Waals surface area contributed by atoms with Gasteiger partial charge >= 0.3 is 0 Å². The van der Waals surface area contributed by atoms with Crippen molar-refractivity contribution in [3.05, 3.63) is 0 Å². The Labute approximate surface area is 98.8 Å². The summed E-state index contributed by atoms with van der Waals surface area (Å²) in [7, 11) is 1.74. The summed E-state index contributed by atoms with van der Waals surface area (Å²) in [5.74, 6) is 0. The van der Waals surface area contributed by atoms with Crippen LogP contribution in [0.4, 0.5) is 0 Å². The van der Waals surface area contributed by atoms with E-state index in [1.54, 1.807) is 7.11 Å². The molecule has 0 saturated carbocycles. The van der Waals surface area contributed by atoms with Crippen LogP contribution in [-0.2, 0) is 4.74 Å². The van der Waals surface area contributed by atoms with Gasteiger partial charge in [0, 0.05) is 19.2 Å². The second-order valence-corrected chi connectivity index (χ2v) is 4.61. The molecule has 0 amide bonds. The summed E-state index contributed by atoms with van der Waals surface area (Å²) in [6, 6.07) is 0.748. The van der Waals surface area contributed by atoms with Crippen LogP contribution in [0.25, 0.3) is 0 Å². The van der Waals surface area contributed by atoms with E-state index in [-0.39, 0.29) is 6.61 Å². The van der Waals surface area contributed by atoms with Gasteiger partial charge in [-0.2, -0.15) is 0 Å². The highest BCUT2D eigenvalue weighted by Crippen LogP contribution is 2.21. The summed E-state index contributed by atoms with van der Waals surface area (Å²) in [4.78, 5) is 2.42. The topological polar surface area (TPSA) is 58.7 Å². The van der Waals surface area contributed by atoms with Gasteiger partial charge in [-0.1, -0.05) is 6.42 Å². The zero-order valence-corrected chi connectivity index (χ0v) is 10.4. The van der Waals surface area contributed by atoms with Gasteiger partial charge in [0.15, 0.2) is 0 Å². The highest BCUT2D eigenvalue weighted by atomic mass is 16.5. The van der Waals surface area contributed by atoms with Crippen molar-refractivity contribution in [1.29, 1.82) is 0 Å². The first kappa shape index (κ1) is 13.9. The Balaban J connectivity index is 2.51. The van der Waals surface area contributed by atoms with Gasteiger partial charge in [0.2, 0.25) is 0 Å². The number of ether oxygens (including phenoxy) is 1. The number of piperidine rings is 1. The van der Waals surface area contributed by atoms with Crippen molar-refractivity contribution in [2.45, 2.75) is 44.2 Å². The molecule has 1 aliphatic rings. The van der Waals surface area contributed by atoms with E-state index in [4.69, 9.17) is 10.5 Å². The van der Waals surface area contributed by atoms with Gasteiger partial charge in [0.1, 0.15) is 0 Å².